The van der Waals surface area contributed by atoms with Crippen molar-refractivity contribution in [3.63, 3.8) is 0 Å². The third-order valence-corrected chi connectivity index (χ3v) is 4.91. The van der Waals surface area contributed by atoms with Crippen LogP contribution in [0.2, 0.25) is 19.6 Å². The van der Waals surface area contributed by atoms with Crippen molar-refractivity contribution < 1.29 is 13.5 Å². The Labute approximate surface area is 116 Å². The van der Waals surface area contributed by atoms with Crippen molar-refractivity contribution in [2.45, 2.75) is 42.8 Å². The zero-order valence-electron chi connectivity index (χ0n) is 11.8. The molecule has 0 fully saturated rings. The Bertz CT molecular complexity index is 616. The highest BCUT2D eigenvalue weighted by Gasteiger charge is 2.38. The summed E-state index contributed by atoms with van der Waals surface area (Å²) in [5.74, 6) is 2.94. The maximum atomic E-state index is 10.9. The second kappa shape index (κ2) is 5.91. The number of hydrogen-bond donors (Lipinski definition) is 1. The SMILES string of the molecule is C[Si](C)(C)C#CCCO.Cc1ccc2c(c1)S2(=O)=O. The van der Waals surface area contributed by atoms with Crippen molar-refractivity contribution in [3.8, 4) is 11.5 Å². The summed E-state index contributed by atoms with van der Waals surface area (Å²) in [5.41, 5.74) is 4.15. The molecule has 0 amide bonds. The molecule has 0 radical (unpaired) electrons. The molecule has 5 heteroatoms. The van der Waals surface area contributed by atoms with Crippen LogP contribution in [0.4, 0.5) is 0 Å². The summed E-state index contributed by atoms with van der Waals surface area (Å²) in [4.78, 5) is 1.01. The van der Waals surface area contributed by atoms with Crippen molar-refractivity contribution in [1.82, 2.24) is 0 Å². The Morgan fingerprint density at radius 1 is 1.21 bits per heavy atom. The molecular formula is C14H20O3SSi. The van der Waals surface area contributed by atoms with E-state index in [0.717, 1.165) is 5.56 Å². The zero-order chi connectivity index (χ0) is 14.7. The first kappa shape index (κ1) is 16.0. The van der Waals surface area contributed by atoms with E-state index in [2.05, 4.69) is 31.1 Å². The van der Waals surface area contributed by atoms with Gasteiger partial charge in [-0.1, -0.05) is 25.7 Å². The number of hydrogen-bond acceptors (Lipinski definition) is 3. The van der Waals surface area contributed by atoms with E-state index in [1.54, 1.807) is 12.1 Å². The predicted molar refractivity (Wildman–Crippen MR) is 79.5 cm³/mol. The second-order valence-electron chi connectivity index (χ2n) is 5.48. The number of rotatable bonds is 1. The Balaban J connectivity index is 0.000000192. The third kappa shape index (κ3) is 4.82. The van der Waals surface area contributed by atoms with Gasteiger partial charge in [-0.05, 0) is 24.6 Å². The molecule has 1 aromatic rings. The van der Waals surface area contributed by atoms with Crippen LogP contribution in [0.1, 0.15) is 12.0 Å². The molecule has 0 bridgehead atoms. The first-order chi connectivity index (χ1) is 8.68. The average molecular weight is 296 g/mol. The minimum absolute atomic E-state index is 0.192. The molecule has 0 aliphatic carbocycles. The number of aryl methyl sites for hydroxylation is 1. The lowest BCUT2D eigenvalue weighted by atomic mass is 10.2. The highest BCUT2D eigenvalue weighted by Crippen LogP contribution is 2.39. The average Bonchev–Trinajstić information content (AvgIpc) is 2.80. The summed E-state index contributed by atoms with van der Waals surface area (Å²) in [6.07, 6.45) is 0.629. The summed E-state index contributed by atoms with van der Waals surface area (Å²) >= 11 is 0. The fraction of sp³-hybridized carbons (Fsp3) is 0.429. The smallest absolute Gasteiger partial charge is 0.209 e. The van der Waals surface area contributed by atoms with Gasteiger partial charge in [-0.3, -0.25) is 0 Å². The van der Waals surface area contributed by atoms with Crippen LogP contribution in [0.25, 0.3) is 0 Å². The standard InChI is InChI=1S/C7H6O2S.C7H14OSi/c1-5-2-3-6-7(4-5)10(6,8)9;1-9(2,3)7-5-4-6-8/h2-4H,1H3;8H,4,6H2,1-3H3. The van der Waals surface area contributed by atoms with Gasteiger partial charge in [-0.15, -0.1) is 11.5 Å². The minimum atomic E-state index is -2.90. The summed E-state index contributed by atoms with van der Waals surface area (Å²) in [5, 5.41) is 8.38. The molecule has 0 saturated carbocycles. The van der Waals surface area contributed by atoms with Crippen LogP contribution >= 0.6 is 0 Å². The maximum Gasteiger partial charge on any atom is 0.209 e. The molecule has 1 N–H and O–H groups in total. The molecule has 0 spiro atoms. The number of benzene rings is 1. The largest absolute Gasteiger partial charge is 0.395 e. The van der Waals surface area contributed by atoms with E-state index in [9.17, 15) is 8.42 Å². The molecular weight excluding hydrogens is 276 g/mol. The van der Waals surface area contributed by atoms with Gasteiger partial charge in [0.05, 0.1) is 16.4 Å². The number of fused-ring (bicyclic) bond motifs is 1. The maximum absolute atomic E-state index is 10.9. The van der Waals surface area contributed by atoms with E-state index < -0.39 is 17.9 Å². The lowest BCUT2D eigenvalue weighted by Gasteiger charge is -2.02. The van der Waals surface area contributed by atoms with E-state index in [0.29, 0.717) is 16.2 Å². The lowest BCUT2D eigenvalue weighted by Crippen LogP contribution is -2.16. The van der Waals surface area contributed by atoms with Crippen LogP contribution in [0, 0.1) is 18.4 Å². The van der Waals surface area contributed by atoms with E-state index >= 15 is 0 Å². The van der Waals surface area contributed by atoms with Crippen LogP contribution in [-0.4, -0.2) is 28.2 Å². The molecule has 104 valence electrons. The lowest BCUT2D eigenvalue weighted by molar-refractivity contribution is 0.305. The Kier molecular flexibility index (Phi) is 4.96. The van der Waals surface area contributed by atoms with Gasteiger partial charge in [0.25, 0.3) is 0 Å². The van der Waals surface area contributed by atoms with Gasteiger partial charge >= 0.3 is 0 Å². The van der Waals surface area contributed by atoms with Crippen molar-refractivity contribution in [3.05, 3.63) is 23.8 Å². The van der Waals surface area contributed by atoms with Crippen LogP contribution in [-0.2, 0) is 9.84 Å². The van der Waals surface area contributed by atoms with Crippen LogP contribution in [0.15, 0.2) is 28.0 Å². The van der Waals surface area contributed by atoms with Crippen molar-refractivity contribution in [2.75, 3.05) is 6.61 Å². The van der Waals surface area contributed by atoms with Crippen LogP contribution in [0.5, 0.6) is 0 Å². The highest BCUT2D eigenvalue weighted by molar-refractivity contribution is 7.97. The molecule has 1 aliphatic rings. The predicted octanol–water partition coefficient (Wildman–Crippen LogP) is 2.39. The first-order valence-electron chi connectivity index (χ1n) is 6.15. The fourth-order valence-electron chi connectivity index (χ4n) is 1.39. The third-order valence-electron chi connectivity index (χ3n) is 2.34. The van der Waals surface area contributed by atoms with E-state index in [1.165, 1.54) is 0 Å². The zero-order valence-corrected chi connectivity index (χ0v) is 13.6. The summed E-state index contributed by atoms with van der Waals surface area (Å²) < 4.78 is 21.8. The molecule has 19 heavy (non-hydrogen) atoms. The second-order valence-corrected chi connectivity index (χ2v) is 12.1. The van der Waals surface area contributed by atoms with Gasteiger partial charge in [0.2, 0.25) is 9.84 Å². The van der Waals surface area contributed by atoms with Gasteiger partial charge in [-0.2, -0.15) is 0 Å². The van der Waals surface area contributed by atoms with Crippen LogP contribution < -0.4 is 0 Å². The van der Waals surface area contributed by atoms with E-state index in [4.69, 9.17) is 5.11 Å². The van der Waals surface area contributed by atoms with Crippen molar-refractivity contribution in [2.24, 2.45) is 0 Å². The van der Waals surface area contributed by atoms with Crippen molar-refractivity contribution >= 4 is 17.9 Å². The van der Waals surface area contributed by atoms with Gasteiger partial charge in [0.15, 0.2) is 0 Å². The molecule has 1 aliphatic heterocycles. The molecule has 0 aromatic heterocycles. The monoisotopic (exact) mass is 296 g/mol. The summed E-state index contributed by atoms with van der Waals surface area (Å²) in [7, 11) is -4.07. The summed E-state index contributed by atoms with van der Waals surface area (Å²) in [6, 6.07) is 5.16. The fourth-order valence-corrected chi connectivity index (χ4v) is 3.41. The normalized spacial score (nSPS) is 14.4. The minimum Gasteiger partial charge on any atom is -0.395 e. The number of aliphatic hydroxyl groups excluding tert-OH is 1. The Morgan fingerprint density at radius 2 is 1.84 bits per heavy atom. The van der Waals surface area contributed by atoms with Gasteiger partial charge < -0.3 is 5.11 Å². The number of sulfone groups is 1. The highest BCUT2D eigenvalue weighted by atomic mass is 32.2. The van der Waals surface area contributed by atoms with Gasteiger partial charge in [-0.25, -0.2) is 8.42 Å². The topological polar surface area (TPSA) is 54.4 Å². The molecule has 1 heterocycles. The molecule has 0 unspecified atom stereocenters. The molecule has 1 aromatic carbocycles. The summed E-state index contributed by atoms with van der Waals surface area (Å²) in [6.45, 7) is 8.65. The van der Waals surface area contributed by atoms with Gasteiger partial charge in [0, 0.05) is 6.42 Å². The molecule has 0 saturated heterocycles. The van der Waals surface area contributed by atoms with Gasteiger partial charge in [0.1, 0.15) is 8.07 Å². The molecule has 3 nitrogen and oxygen atoms in total. The van der Waals surface area contributed by atoms with Crippen molar-refractivity contribution in [1.29, 1.82) is 0 Å². The number of aliphatic hydroxyl groups is 1. The first-order valence-corrected chi connectivity index (χ1v) is 11.1. The van der Waals surface area contributed by atoms with Crippen LogP contribution in [0.3, 0.4) is 0 Å². The molecule has 2 rings (SSSR count). The Morgan fingerprint density at radius 3 is 2.26 bits per heavy atom. The van der Waals surface area contributed by atoms with E-state index in [-0.39, 0.29) is 6.61 Å². The Hall–Kier alpha value is -1.09. The molecule has 0 atom stereocenters. The van der Waals surface area contributed by atoms with E-state index in [1.807, 2.05) is 13.0 Å². The quantitative estimate of drug-likeness (QED) is 0.499.